The summed E-state index contributed by atoms with van der Waals surface area (Å²) in [5, 5.41) is 1.98. The van der Waals surface area contributed by atoms with Crippen LogP contribution in [0, 0.1) is 0 Å². The van der Waals surface area contributed by atoms with Crippen LogP contribution in [0.4, 0.5) is 0 Å². The van der Waals surface area contributed by atoms with Gasteiger partial charge in [-0.05, 0) is 19.9 Å². The quantitative estimate of drug-likeness (QED) is 0.680. The van der Waals surface area contributed by atoms with Crippen LogP contribution in [-0.2, 0) is 43.4 Å². The second-order valence-electron chi connectivity index (χ2n) is 6.46. The van der Waals surface area contributed by atoms with Crippen LogP contribution >= 0.6 is 0 Å². The maximum atomic E-state index is 5.66. The Labute approximate surface area is 142 Å². The van der Waals surface area contributed by atoms with Gasteiger partial charge >= 0.3 is 0 Å². The summed E-state index contributed by atoms with van der Waals surface area (Å²) in [6, 6.07) is 0. The molecule has 0 amide bonds. The summed E-state index contributed by atoms with van der Waals surface area (Å²) in [4.78, 5) is 43.9. The molecule has 4 bridgehead atoms. The average molecular weight is 361 g/mol. The minimum absolute atomic E-state index is 0.218. The molecule has 12 nitrogen and oxygen atoms in total. The summed E-state index contributed by atoms with van der Waals surface area (Å²) < 4.78 is 5.64. The predicted molar refractivity (Wildman–Crippen MR) is 72.3 cm³/mol. The Bertz CT molecular complexity index is 579. The number of methoxy groups -OCH3 is 1. The van der Waals surface area contributed by atoms with Crippen molar-refractivity contribution in [1.29, 1.82) is 0 Å². The Morgan fingerprint density at radius 1 is 1.28 bits per heavy atom. The van der Waals surface area contributed by atoms with Gasteiger partial charge in [-0.1, -0.05) is 5.64 Å². The Morgan fingerprint density at radius 3 is 2.88 bits per heavy atom. The molecule has 5 aliphatic rings. The molecule has 5 heterocycles. The van der Waals surface area contributed by atoms with Crippen LogP contribution in [0.1, 0.15) is 13.8 Å². The fraction of sp³-hybridized carbons (Fsp3) is 0.846. The van der Waals surface area contributed by atoms with E-state index >= 15 is 0 Å². The number of fused-ring (bicyclic) bond motifs is 4. The van der Waals surface area contributed by atoms with Crippen molar-refractivity contribution >= 4 is 0 Å². The largest absolute Gasteiger partial charge is 0.375 e. The van der Waals surface area contributed by atoms with Crippen molar-refractivity contribution in [2.24, 2.45) is 0 Å². The fourth-order valence-corrected chi connectivity index (χ4v) is 3.51. The molecule has 9 unspecified atom stereocenters. The van der Waals surface area contributed by atoms with Gasteiger partial charge in [0.2, 0.25) is 0 Å². The number of nitrogens with zero attached hydrogens (tertiary/aromatic N) is 2. The van der Waals surface area contributed by atoms with E-state index in [0.717, 1.165) is 10.8 Å². The standard InChI is InChI=1S/C13H19N3O9/c1-6-13(2)12(24-16(21-6)25-13)11-10(19-14-20-11)9(17-3)8-7-4-5-18-15(22-7)23-8/h4,6,8-12,14H,5H2,1-3H3. The van der Waals surface area contributed by atoms with Gasteiger partial charge in [-0.2, -0.15) is 0 Å². The van der Waals surface area contributed by atoms with Gasteiger partial charge in [0.25, 0.3) is 0 Å². The molecule has 0 aromatic rings. The lowest BCUT2D eigenvalue weighted by Crippen LogP contribution is -2.58. The molecule has 4 fully saturated rings. The maximum absolute atomic E-state index is 5.66. The molecule has 0 radical (unpaired) electrons. The van der Waals surface area contributed by atoms with Crippen LogP contribution in [0.5, 0.6) is 0 Å². The highest BCUT2D eigenvalue weighted by Gasteiger charge is 2.65. The lowest BCUT2D eigenvalue weighted by Gasteiger charge is -2.35. The Hall–Kier alpha value is -0.900. The summed E-state index contributed by atoms with van der Waals surface area (Å²) in [5.41, 5.74) is 1.72. The summed E-state index contributed by atoms with van der Waals surface area (Å²) in [5.74, 6) is 0.587. The summed E-state index contributed by atoms with van der Waals surface area (Å²) in [6.45, 7) is 4.14. The smallest absolute Gasteiger partial charge is 0.173 e. The molecule has 9 atom stereocenters. The van der Waals surface area contributed by atoms with Gasteiger partial charge < -0.3 is 9.57 Å². The zero-order valence-electron chi connectivity index (χ0n) is 13.8. The third kappa shape index (κ3) is 2.35. The molecule has 0 aromatic heterocycles. The van der Waals surface area contributed by atoms with E-state index in [1.165, 1.54) is 0 Å². The summed E-state index contributed by atoms with van der Waals surface area (Å²) in [6.07, 6.45) is -1.16. The van der Waals surface area contributed by atoms with Gasteiger partial charge in [-0.15, -0.1) is 0 Å². The van der Waals surface area contributed by atoms with Crippen LogP contribution in [0.2, 0.25) is 0 Å². The molecule has 0 aliphatic carbocycles. The van der Waals surface area contributed by atoms with E-state index in [4.69, 9.17) is 43.4 Å². The molecule has 0 saturated carbocycles. The molecule has 0 aromatic carbocycles. The highest BCUT2D eigenvalue weighted by Crippen LogP contribution is 2.45. The molecule has 5 aliphatic heterocycles. The van der Waals surface area contributed by atoms with Gasteiger partial charge in [-0.3, -0.25) is 9.68 Å². The van der Waals surface area contributed by atoms with Gasteiger partial charge in [0.15, 0.2) is 17.5 Å². The van der Waals surface area contributed by atoms with E-state index in [-0.39, 0.29) is 6.10 Å². The third-order valence-electron chi connectivity index (χ3n) is 5.10. The van der Waals surface area contributed by atoms with E-state index in [1.54, 1.807) is 13.2 Å². The van der Waals surface area contributed by atoms with Crippen molar-refractivity contribution in [3.8, 4) is 0 Å². The number of hydrogen-bond donors (Lipinski definition) is 1. The normalized spacial score (nSPS) is 52.3. The molecule has 25 heavy (non-hydrogen) atoms. The first-order chi connectivity index (χ1) is 12.1. The molecule has 4 saturated heterocycles. The highest BCUT2D eigenvalue weighted by molar-refractivity contribution is 5.11. The molecule has 0 spiro atoms. The molecular formula is C13H19N3O9. The average Bonchev–Trinajstić information content (AvgIpc) is 3.31. The van der Waals surface area contributed by atoms with Crippen molar-refractivity contribution in [3.63, 3.8) is 0 Å². The molecule has 1 N–H and O–H groups in total. The number of ether oxygens (including phenoxy) is 1. The first-order valence-electron chi connectivity index (χ1n) is 8.00. The van der Waals surface area contributed by atoms with Crippen molar-refractivity contribution < 1.29 is 43.4 Å². The molecular weight excluding hydrogens is 342 g/mol. The van der Waals surface area contributed by atoms with E-state index in [9.17, 15) is 0 Å². The lowest BCUT2D eigenvalue weighted by atomic mass is 9.85. The van der Waals surface area contributed by atoms with Crippen LogP contribution < -0.4 is 5.64 Å². The Balaban J connectivity index is 1.39. The third-order valence-corrected chi connectivity index (χ3v) is 5.10. The van der Waals surface area contributed by atoms with Gasteiger partial charge in [-0.25, -0.2) is 24.2 Å². The zero-order valence-corrected chi connectivity index (χ0v) is 13.8. The number of rotatable bonds is 4. The lowest BCUT2D eigenvalue weighted by molar-refractivity contribution is -0.487. The second kappa shape index (κ2) is 5.80. The van der Waals surface area contributed by atoms with E-state index < -0.39 is 36.1 Å². The fourth-order valence-electron chi connectivity index (χ4n) is 3.51. The first-order valence-corrected chi connectivity index (χ1v) is 8.00. The van der Waals surface area contributed by atoms with Gasteiger partial charge in [0, 0.05) is 7.11 Å². The van der Waals surface area contributed by atoms with Crippen LogP contribution in [0.15, 0.2) is 11.8 Å². The minimum atomic E-state index is -0.731. The topological polar surface area (TPSA) is 102 Å². The van der Waals surface area contributed by atoms with Crippen molar-refractivity contribution in [1.82, 2.24) is 16.4 Å². The summed E-state index contributed by atoms with van der Waals surface area (Å²) >= 11 is 0. The maximum Gasteiger partial charge on any atom is 0.173 e. The number of hydrogen-bond acceptors (Lipinski definition) is 12. The molecule has 140 valence electrons. The highest BCUT2D eigenvalue weighted by atomic mass is 17.2. The molecule has 5 rings (SSSR count). The predicted octanol–water partition coefficient (Wildman–Crippen LogP) is -0.779. The zero-order chi connectivity index (χ0) is 17.2. The Morgan fingerprint density at radius 2 is 2.16 bits per heavy atom. The van der Waals surface area contributed by atoms with E-state index in [1.807, 2.05) is 13.8 Å². The van der Waals surface area contributed by atoms with Crippen LogP contribution in [-0.4, -0.2) is 66.7 Å². The van der Waals surface area contributed by atoms with E-state index in [2.05, 4.69) is 5.64 Å². The van der Waals surface area contributed by atoms with E-state index in [0.29, 0.717) is 12.4 Å². The van der Waals surface area contributed by atoms with Crippen molar-refractivity contribution in [2.45, 2.75) is 56.1 Å². The number of nitrogens with one attached hydrogen (secondary N) is 1. The van der Waals surface area contributed by atoms with Gasteiger partial charge in [0.1, 0.15) is 35.9 Å². The SMILES string of the molecule is COC(C1ON2OCC=C1O2)C1ONOC1C1ON2OC(C)C1(C)O2. The van der Waals surface area contributed by atoms with Gasteiger partial charge in [0.05, 0.1) is 12.0 Å². The minimum Gasteiger partial charge on any atom is -0.375 e. The van der Waals surface area contributed by atoms with Crippen LogP contribution in [0.25, 0.3) is 0 Å². The monoisotopic (exact) mass is 361 g/mol. The van der Waals surface area contributed by atoms with Crippen molar-refractivity contribution in [3.05, 3.63) is 11.8 Å². The first kappa shape index (κ1) is 16.3. The summed E-state index contributed by atoms with van der Waals surface area (Å²) in [7, 11) is 1.56. The van der Waals surface area contributed by atoms with Crippen molar-refractivity contribution in [2.75, 3.05) is 13.7 Å². The van der Waals surface area contributed by atoms with Crippen LogP contribution in [0.3, 0.4) is 0 Å². The molecule has 12 heteroatoms. The Kier molecular flexibility index (Phi) is 3.78. The second-order valence-corrected chi connectivity index (χ2v) is 6.46.